The highest BCUT2D eigenvalue weighted by Gasteiger charge is 2.06. The van der Waals surface area contributed by atoms with E-state index in [1.807, 2.05) is 12.1 Å². The minimum Gasteiger partial charge on any atom is -0.372 e. The fraction of sp³-hybridized carbons (Fsp3) is 0.429. The Bertz CT molecular complexity index is 708. The number of anilines is 4. The lowest BCUT2D eigenvalue weighted by molar-refractivity contribution is -0.116. The molecule has 0 saturated carbocycles. The summed E-state index contributed by atoms with van der Waals surface area (Å²) in [7, 11) is 0. The second kappa shape index (κ2) is 9.80. The van der Waals surface area contributed by atoms with E-state index < -0.39 is 0 Å². The monoisotopic (exact) mass is 354 g/mol. The van der Waals surface area contributed by atoms with Crippen LogP contribution in [0.3, 0.4) is 0 Å². The van der Waals surface area contributed by atoms with Crippen molar-refractivity contribution in [1.29, 1.82) is 0 Å². The summed E-state index contributed by atoms with van der Waals surface area (Å²) in [4.78, 5) is 18.4. The minimum absolute atomic E-state index is 0.0166. The van der Waals surface area contributed by atoms with Gasteiger partial charge in [0.2, 0.25) is 5.91 Å². The molecule has 5 heteroatoms. The van der Waals surface area contributed by atoms with E-state index in [0.717, 1.165) is 37.3 Å². The molecule has 140 valence electrons. The van der Waals surface area contributed by atoms with Gasteiger partial charge in [0.1, 0.15) is 5.82 Å². The van der Waals surface area contributed by atoms with Crippen LogP contribution < -0.4 is 15.5 Å². The molecule has 5 nitrogen and oxygen atoms in total. The maximum absolute atomic E-state index is 11.8. The molecule has 0 bridgehead atoms. The second-order valence-electron chi connectivity index (χ2n) is 6.38. The van der Waals surface area contributed by atoms with E-state index in [0.29, 0.717) is 12.2 Å². The fourth-order valence-corrected chi connectivity index (χ4v) is 2.81. The van der Waals surface area contributed by atoms with Gasteiger partial charge >= 0.3 is 0 Å². The Labute approximate surface area is 156 Å². The molecule has 2 N–H and O–H groups in total. The van der Waals surface area contributed by atoms with E-state index >= 15 is 0 Å². The number of rotatable bonds is 9. The third-order valence-electron chi connectivity index (χ3n) is 4.41. The predicted octanol–water partition coefficient (Wildman–Crippen LogP) is 5.11. The number of nitrogens with zero attached hydrogens (tertiary/aromatic N) is 2. The summed E-state index contributed by atoms with van der Waals surface area (Å²) in [6.07, 6.45) is 4.19. The lowest BCUT2D eigenvalue weighted by Crippen LogP contribution is -2.21. The Balaban J connectivity index is 2.01. The van der Waals surface area contributed by atoms with E-state index in [-0.39, 0.29) is 5.91 Å². The molecular weight excluding hydrogens is 324 g/mol. The molecule has 0 aliphatic heterocycles. The molecule has 1 aromatic carbocycles. The van der Waals surface area contributed by atoms with Crippen molar-refractivity contribution in [3.63, 3.8) is 0 Å². The average molecular weight is 354 g/mol. The zero-order chi connectivity index (χ0) is 18.9. The number of carbonyl (C=O) groups excluding carboxylic acids is 1. The largest absolute Gasteiger partial charge is 0.372 e. The van der Waals surface area contributed by atoms with Crippen LogP contribution in [0.4, 0.5) is 22.9 Å². The van der Waals surface area contributed by atoms with Crippen molar-refractivity contribution in [1.82, 2.24) is 4.98 Å². The molecule has 2 rings (SSSR count). The smallest absolute Gasteiger partial charge is 0.225 e. The van der Waals surface area contributed by atoms with Crippen LogP contribution >= 0.6 is 0 Å². The van der Waals surface area contributed by atoms with Crippen LogP contribution in [0, 0.1) is 6.92 Å². The summed E-state index contributed by atoms with van der Waals surface area (Å²) in [6.45, 7) is 10.5. The highest BCUT2D eigenvalue weighted by Crippen LogP contribution is 2.25. The van der Waals surface area contributed by atoms with Gasteiger partial charge in [-0.1, -0.05) is 13.3 Å². The number of unbranched alkanes of at least 4 members (excludes halogenated alkanes) is 1. The number of benzene rings is 1. The molecule has 1 heterocycles. The first kappa shape index (κ1) is 19.8. The molecule has 0 aliphatic carbocycles. The third-order valence-corrected chi connectivity index (χ3v) is 4.41. The minimum atomic E-state index is 0.0166. The number of hydrogen-bond donors (Lipinski definition) is 2. The first-order chi connectivity index (χ1) is 12.6. The normalized spacial score (nSPS) is 10.5. The Morgan fingerprint density at radius 2 is 1.88 bits per heavy atom. The molecule has 0 radical (unpaired) electrons. The number of nitrogens with one attached hydrogen (secondary N) is 2. The molecular formula is C21H30N4O. The molecule has 0 aliphatic rings. The second-order valence-corrected chi connectivity index (χ2v) is 6.38. The summed E-state index contributed by atoms with van der Waals surface area (Å²) in [5.74, 6) is 0.605. The van der Waals surface area contributed by atoms with Gasteiger partial charge in [0.25, 0.3) is 0 Å². The zero-order valence-electron chi connectivity index (χ0n) is 16.3. The van der Waals surface area contributed by atoms with Gasteiger partial charge in [0.15, 0.2) is 0 Å². The van der Waals surface area contributed by atoms with Gasteiger partial charge in [-0.05, 0) is 63.1 Å². The van der Waals surface area contributed by atoms with Gasteiger partial charge in [0, 0.05) is 30.9 Å². The van der Waals surface area contributed by atoms with Crippen molar-refractivity contribution in [2.75, 3.05) is 28.6 Å². The first-order valence-electron chi connectivity index (χ1n) is 9.45. The Morgan fingerprint density at radius 1 is 1.12 bits per heavy atom. The van der Waals surface area contributed by atoms with Crippen molar-refractivity contribution in [3.8, 4) is 0 Å². The van der Waals surface area contributed by atoms with E-state index in [1.54, 1.807) is 6.20 Å². The Morgan fingerprint density at radius 3 is 2.46 bits per heavy atom. The molecule has 1 amide bonds. The maximum Gasteiger partial charge on any atom is 0.225 e. The Kier molecular flexibility index (Phi) is 7.45. The van der Waals surface area contributed by atoms with Crippen LogP contribution in [0.25, 0.3) is 0 Å². The molecule has 0 unspecified atom stereocenters. The van der Waals surface area contributed by atoms with Crippen LogP contribution in [0.15, 0.2) is 36.5 Å². The van der Waals surface area contributed by atoms with E-state index in [4.69, 9.17) is 0 Å². The molecule has 0 saturated heterocycles. The summed E-state index contributed by atoms with van der Waals surface area (Å²) in [6, 6.07) is 10.2. The number of pyridine rings is 1. The Hall–Kier alpha value is -2.56. The lowest BCUT2D eigenvalue weighted by Gasteiger charge is -2.22. The summed E-state index contributed by atoms with van der Waals surface area (Å²) in [5, 5.41) is 6.22. The van der Waals surface area contributed by atoms with Gasteiger partial charge in [-0.15, -0.1) is 0 Å². The summed E-state index contributed by atoms with van der Waals surface area (Å²) in [5.41, 5.74) is 4.38. The molecule has 1 aromatic heterocycles. The summed E-state index contributed by atoms with van der Waals surface area (Å²) < 4.78 is 0. The highest BCUT2D eigenvalue weighted by atomic mass is 16.1. The number of aromatic nitrogens is 1. The van der Waals surface area contributed by atoms with Crippen molar-refractivity contribution >= 4 is 28.8 Å². The topological polar surface area (TPSA) is 57.3 Å². The quantitative estimate of drug-likeness (QED) is 0.657. The van der Waals surface area contributed by atoms with E-state index in [1.165, 1.54) is 11.3 Å². The van der Waals surface area contributed by atoms with E-state index in [9.17, 15) is 4.79 Å². The molecule has 26 heavy (non-hydrogen) atoms. The van der Waals surface area contributed by atoms with Crippen LogP contribution in [0.1, 0.15) is 45.6 Å². The van der Waals surface area contributed by atoms with Crippen molar-refractivity contribution in [2.24, 2.45) is 0 Å². The van der Waals surface area contributed by atoms with E-state index in [2.05, 4.69) is 66.4 Å². The van der Waals surface area contributed by atoms with Crippen LogP contribution in [0.2, 0.25) is 0 Å². The van der Waals surface area contributed by atoms with Crippen molar-refractivity contribution in [3.05, 3.63) is 42.1 Å². The number of carbonyl (C=O) groups is 1. The summed E-state index contributed by atoms with van der Waals surface area (Å²) >= 11 is 0. The average Bonchev–Trinajstić information content (AvgIpc) is 2.64. The highest BCUT2D eigenvalue weighted by molar-refractivity contribution is 5.89. The van der Waals surface area contributed by atoms with Gasteiger partial charge in [-0.25, -0.2) is 4.98 Å². The maximum atomic E-state index is 11.8. The standard InChI is InChI=1S/C21H30N4O/c1-5-8-9-21(26)24-20-13-10-17(15-22-20)23-19-12-11-18(14-16(19)4)25(6-2)7-3/h10-15,23H,5-9H2,1-4H3,(H,22,24,26). The van der Waals surface area contributed by atoms with Crippen LogP contribution in [-0.4, -0.2) is 24.0 Å². The number of aryl methyl sites for hydroxylation is 1. The number of amides is 1. The number of hydrogen-bond acceptors (Lipinski definition) is 4. The first-order valence-corrected chi connectivity index (χ1v) is 9.45. The molecule has 2 aromatic rings. The fourth-order valence-electron chi connectivity index (χ4n) is 2.81. The SMILES string of the molecule is CCCCC(=O)Nc1ccc(Nc2ccc(N(CC)CC)cc2C)cn1. The van der Waals surface area contributed by atoms with Gasteiger partial charge in [0.05, 0.1) is 11.9 Å². The zero-order valence-corrected chi connectivity index (χ0v) is 16.3. The van der Waals surface area contributed by atoms with Crippen molar-refractivity contribution < 1.29 is 4.79 Å². The predicted molar refractivity (Wildman–Crippen MR) is 110 cm³/mol. The van der Waals surface area contributed by atoms with Crippen LogP contribution in [-0.2, 0) is 4.79 Å². The molecule has 0 atom stereocenters. The van der Waals surface area contributed by atoms with Crippen LogP contribution in [0.5, 0.6) is 0 Å². The third kappa shape index (κ3) is 5.48. The molecule has 0 fully saturated rings. The van der Waals surface area contributed by atoms with Gasteiger partial charge < -0.3 is 15.5 Å². The molecule has 0 spiro atoms. The lowest BCUT2D eigenvalue weighted by atomic mass is 10.1. The van der Waals surface area contributed by atoms with Gasteiger partial charge in [-0.2, -0.15) is 0 Å². The van der Waals surface area contributed by atoms with Gasteiger partial charge in [-0.3, -0.25) is 4.79 Å². The van der Waals surface area contributed by atoms with Crippen molar-refractivity contribution in [2.45, 2.75) is 47.0 Å².